The molecule has 0 fully saturated rings. The van der Waals surface area contributed by atoms with Crippen molar-refractivity contribution in [3.05, 3.63) is 0 Å². The SMILES string of the molecule is O=S(=O)(O)CC(N(O)C(CS(=O)(=O)O)S(=O)(=O)O)S(=O)(=O)O. The molecular formula is C4H11NO13S4. The first-order valence-electron chi connectivity index (χ1n) is 4.65. The van der Waals surface area contributed by atoms with Crippen LogP contribution in [-0.2, 0) is 40.5 Å². The first-order chi connectivity index (χ1) is 9.34. The van der Waals surface area contributed by atoms with Crippen LogP contribution in [0.2, 0.25) is 0 Å². The molecule has 0 radical (unpaired) electrons. The van der Waals surface area contributed by atoms with E-state index in [9.17, 15) is 38.9 Å². The summed E-state index contributed by atoms with van der Waals surface area (Å²) in [6, 6.07) is 0. The van der Waals surface area contributed by atoms with Gasteiger partial charge in [-0.25, -0.2) is 0 Å². The van der Waals surface area contributed by atoms with Crippen molar-refractivity contribution in [2.24, 2.45) is 0 Å². The van der Waals surface area contributed by atoms with E-state index in [1.54, 1.807) is 0 Å². The highest BCUT2D eigenvalue weighted by atomic mass is 32.2. The highest BCUT2D eigenvalue weighted by Gasteiger charge is 2.44. The van der Waals surface area contributed by atoms with Crippen molar-refractivity contribution in [1.82, 2.24) is 5.06 Å². The van der Waals surface area contributed by atoms with Crippen LogP contribution in [0, 0.1) is 0 Å². The minimum atomic E-state index is -5.57. The molecule has 5 N–H and O–H groups in total. The molecule has 2 unspecified atom stereocenters. The van der Waals surface area contributed by atoms with Gasteiger partial charge >= 0.3 is 0 Å². The summed E-state index contributed by atoms with van der Waals surface area (Å²) in [5, 5.41) is 2.18. The molecule has 0 aromatic rings. The van der Waals surface area contributed by atoms with Crippen LogP contribution < -0.4 is 0 Å². The zero-order valence-corrected chi connectivity index (χ0v) is 13.4. The van der Waals surface area contributed by atoms with E-state index in [0.717, 1.165) is 0 Å². The highest BCUT2D eigenvalue weighted by Crippen LogP contribution is 2.16. The molecule has 18 heteroatoms. The minimum absolute atomic E-state index is 1.05. The van der Waals surface area contributed by atoms with Gasteiger partial charge in [0.25, 0.3) is 40.5 Å². The quantitative estimate of drug-likeness (QED) is 0.197. The van der Waals surface area contributed by atoms with E-state index < -0.39 is 67.8 Å². The van der Waals surface area contributed by atoms with Crippen molar-refractivity contribution < 1.29 is 57.1 Å². The monoisotopic (exact) mass is 409 g/mol. The van der Waals surface area contributed by atoms with Crippen molar-refractivity contribution >= 4 is 40.5 Å². The molecular weight excluding hydrogens is 398 g/mol. The van der Waals surface area contributed by atoms with Gasteiger partial charge in [-0.1, -0.05) is 0 Å². The third kappa shape index (κ3) is 7.71. The fraction of sp³-hybridized carbons (Fsp3) is 1.00. The Kier molecular flexibility index (Phi) is 6.45. The summed E-state index contributed by atoms with van der Waals surface area (Å²) in [5.74, 6) is -3.94. The predicted molar refractivity (Wildman–Crippen MR) is 67.1 cm³/mol. The topological polar surface area (TPSA) is 241 Å². The summed E-state index contributed by atoms with van der Waals surface area (Å²) in [6.07, 6.45) is 0. The summed E-state index contributed by atoms with van der Waals surface area (Å²) >= 11 is 0. The Balaban J connectivity index is 6.00. The van der Waals surface area contributed by atoms with Crippen molar-refractivity contribution in [2.75, 3.05) is 11.5 Å². The molecule has 2 atom stereocenters. The molecule has 22 heavy (non-hydrogen) atoms. The minimum Gasteiger partial charge on any atom is -0.311 e. The van der Waals surface area contributed by atoms with Crippen molar-refractivity contribution in [1.29, 1.82) is 0 Å². The highest BCUT2D eigenvalue weighted by molar-refractivity contribution is 7.91. The van der Waals surface area contributed by atoms with Gasteiger partial charge in [0.15, 0.2) is 10.7 Å². The maximum absolute atomic E-state index is 10.9. The molecule has 0 aromatic heterocycles. The van der Waals surface area contributed by atoms with Crippen molar-refractivity contribution in [3.8, 4) is 0 Å². The van der Waals surface area contributed by atoms with Crippen molar-refractivity contribution in [2.45, 2.75) is 10.7 Å². The van der Waals surface area contributed by atoms with Crippen LogP contribution >= 0.6 is 0 Å². The lowest BCUT2D eigenvalue weighted by Gasteiger charge is -2.27. The Morgan fingerprint density at radius 1 is 0.636 bits per heavy atom. The molecule has 0 heterocycles. The molecule has 0 aromatic carbocycles. The summed E-state index contributed by atoms with van der Waals surface area (Å²) in [7, 11) is -21.6. The molecule has 134 valence electrons. The molecule has 0 bridgehead atoms. The van der Waals surface area contributed by atoms with Gasteiger partial charge in [0, 0.05) is 0 Å². The first-order valence-corrected chi connectivity index (χ1v) is 10.9. The van der Waals surface area contributed by atoms with Crippen molar-refractivity contribution in [3.63, 3.8) is 0 Å². The average molecular weight is 409 g/mol. The summed E-state index contributed by atoms with van der Waals surface area (Å²) in [5.41, 5.74) is 0. The lowest BCUT2D eigenvalue weighted by Crippen LogP contribution is -2.53. The first kappa shape index (κ1) is 21.6. The maximum Gasteiger partial charge on any atom is 0.284 e. The zero-order valence-electron chi connectivity index (χ0n) is 10.2. The van der Waals surface area contributed by atoms with E-state index in [-0.39, 0.29) is 0 Å². The Labute approximate surface area is 125 Å². The molecule has 0 spiro atoms. The summed E-state index contributed by atoms with van der Waals surface area (Å²) in [6.45, 7) is 0. The van der Waals surface area contributed by atoms with Gasteiger partial charge in [-0.2, -0.15) is 33.7 Å². The van der Waals surface area contributed by atoms with E-state index in [0.29, 0.717) is 0 Å². The Morgan fingerprint density at radius 2 is 0.864 bits per heavy atom. The predicted octanol–water partition coefficient (Wildman–Crippen LogP) is -3.12. The lowest BCUT2D eigenvalue weighted by atomic mass is 10.6. The van der Waals surface area contributed by atoms with Crippen LogP contribution in [0.1, 0.15) is 0 Å². The van der Waals surface area contributed by atoms with E-state index in [1.165, 1.54) is 0 Å². The lowest BCUT2D eigenvalue weighted by molar-refractivity contribution is -0.109. The average Bonchev–Trinajstić information content (AvgIpc) is 2.16. The maximum atomic E-state index is 10.9. The van der Waals surface area contributed by atoms with Crippen LogP contribution in [0.15, 0.2) is 0 Å². The zero-order chi connectivity index (χ0) is 18.1. The fourth-order valence-electron chi connectivity index (χ4n) is 1.14. The van der Waals surface area contributed by atoms with Crippen LogP contribution in [0.3, 0.4) is 0 Å². The largest absolute Gasteiger partial charge is 0.311 e. The van der Waals surface area contributed by atoms with Gasteiger partial charge < -0.3 is 5.21 Å². The van der Waals surface area contributed by atoms with E-state index in [1.807, 2.05) is 0 Å². The number of hydrogen-bond acceptors (Lipinski definition) is 10. The molecule has 0 rings (SSSR count). The van der Waals surface area contributed by atoms with E-state index in [2.05, 4.69) is 0 Å². The molecule has 0 aliphatic heterocycles. The molecule has 0 saturated heterocycles. The van der Waals surface area contributed by atoms with Gasteiger partial charge in [0.1, 0.15) is 11.5 Å². The summed E-state index contributed by atoms with van der Waals surface area (Å²) < 4.78 is 121. The Morgan fingerprint density at radius 3 is 1.00 bits per heavy atom. The van der Waals surface area contributed by atoms with Gasteiger partial charge in [-0.3, -0.25) is 18.2 Å². The second-order valence-electron chi connectivity index (χ2n) is 3.82. The normalized spacial score (nSPS) is 17.4. The van der Waals surface area contributed by atoms with Crippen LogP contribution in [0.4, 0.5) is 0 Å². The molecule has 0 aliphatic carbocycles. The van der Waals surface area contributed by atoms with Crippen LogP contribution in [0.5, 0.6) is 0 Å². The third-order valence-corrected chi connectivity index (χ3v) is 6.02. The number of hydrogen-bond donors (Lipinski definition) is 5. The van der Waals surface area contributed by atoms with E-state index >= 15 is 0 Å². The standard InChI is InChI=1S/C4H11NO13S4/c6-5(3(21(13,14)15)1-19(7,8)9)4(22(16,17)18)2-20(10,11)12/h3-4,6H,1-2H2,(H,7,8,9)(H,10,11,12)(H,13,14,15)(H,16,17,18). The number of nitrogens with zero attached hydrogens (tertiary/aromatic N) is 1. The molecule has 0 saturated carbocycles. The summed E-state index contributed by atoms with van der Waals surface area (Å²) in [4.78, 5) is 0. The van der Waals surface area contributed by atoms with Gasteiger partial charge in [-0.15, -0.1) is 5.06 Å². The molecule has 0 amide bonds. The van der Waals surface area contributed by atoms with Gasteiger partial charge in [-0.05, 0) is 0 Å². The second-order valence-corrected chi connectivity index (χ2v) is 9.96. The van der Waals surface area contributed by atoms with Gasteiger partial charge in [0.05, 0.1) is 0 Å². The fourth-order valence-corrected chi connectivity index (χ4v) is 5.49. The van der Waals surface area contributed by atoms with E-state index in [4.69, 9.17) is 18.2 Å². The van der Waals surface area contributed by atoms with Crippen LogP contribution in [-0.4, -0.2) is 84.4 Å². The Bertz CT molecular complexity index is 733. The molecule has 14 nitrogen and oxygen atoms in total. The van der Waals surface area contributed by atoms with Gasteiger partial charge in [0.2, 0.25) is 0 Å². The Hall–Kier alpha value is -0.440. The van der Waals surface area contributed by atoms with Crippen LogP contribution in [0.25, 0.3) is 0 Å². The second kappa shape index (κ2) is 6.59. The molecule has 0 aliphatic rings. The smallest absolute Gasteiger partial charge is 0.284 e. The number of hydroxylamine groups is 2. The number of rotatable bonds is 8. The third-order valence-electron chi connectivity index (χ3n) is 1.98.